The maximum Gasteiger partial charge on any atom is 0.325 e. The first-order valence-electron chi connectivity index (χ1n) is 7.42. The fraction of sp³-hybridized carbons (Fsp3) is 0.400. The minimum Gasteiger partial charge on any atom is -0.451 e. The molecule has 0 heterocycles. The molecule has 10 heteroatoms. The Morgan fingerprint density at radius 3 is 2.12 bits per heavy atom. The van der Waals surface area contributed by atoms with Gasteiger partial charge in [0.15, 0.2) is 6.10 Å². The Labute approximate surface area is 146 Å². The lowest BCUT2D eigenvalue weighted by molar-refractivity contribution is -0.157. The van der Waals surface area contributed by atoms with Crippen LogP contribution < -0.4 is 15.8 Å². The molecule has 0 saturated carbocycles. The van der Waals surface area contributed by atoms with Crippen LogP contribution in [-0.2, 0) is 24.3 Å². The van der Waals surface area contributed by atoms with Crippen molar-refractivity contribution in [2.75, 3.05) is 0 Å². The van der Waals surface area contributed by atoms with Crippen molar-refractivity contribution >= 4 is 27.9 Å². The van der Waals surface area contributed by atoms with Gasteiger partial charge in [0.05, 0.1) is 4.90 Å². The standard InChI is InChI=1S/C15H21N3O6S/c1-9(2)12(14(20)24-10(3)13(19)17-15(16)21)18-25(22,23)11-7-5-4-6-8-11/h4-10,12,18H,1-3H3,(H3,16,17,19,21)/t10-,12+/m1/s1. The quantitative estimate of drug-likeness (QED) is 0.580. The number of urea groups is 1. The number of sulfonamides is 1. The maximum atomic E-state index is 12.4. The predicted molar refractivity (Wildman–Crippen MR) is 88.7 cm³/mol. The van der Waals surface area contributed by atoms with E-state index in [0.29, 0.717) is 0 Å². The second-order valence-corrected chi connectivity index (χ2v) is 7.30. The number of hydrogen-bond acceptors (Lipinski definition) is 6. The van der Waals surface area contributed by atoms with Crippen LogP contribution in [0.4, 0.5) is 4.79 Å². The Kier molecular flexibility index (Phi) is 7.07. The fourth-order valence-electron chi connectivity index (χ4n) is 1.82. The third-order valence-electron chi connectivity index (χ3n) is 3.16. The van der Waals surface area contributed by atoms with E-state index in [0.717, 1.165) is 0 Å². The van der Waals surface area contributed by atoms with E-state index in [-0.39, 0.29) is 4.90 Å². The molecule has 1 rings (SSSR count). The van der Waals surface area contributed by atoms with Crippen molar-refractivity contribution in [3.63, 3.8) is 0 Å². The average molecular weight is 371 g/mol. The molecule has 138 valence electrons. The first-order chi connectivity index (χ1) is 11.5. The second-order valence-electron chi connectivity index (χ2n) is 5.59. The van der Waals surface area contributed by atoms with Gasteiger partial charge < -0.3 is 10.5 Å². The summed E-state index contributed by atoms with van der Waals surface area (Å²) in [6.07, 6.45) is -1.32. The average Bonchev–Trinajstić information content (AvgIpc) is 2.52. The normalized spacial score (nSPS) is 13.8. The number of nitrogens with two attached hydrogens (primary N) is 1. The fourth-order valence-corrected chi connectivity index (χ4v) is 3.17. The van der Waals surface area contributed by atoms with Gasteiger partial charge in [0.25, 0.3) is 5.91 Å². The van der Waals surface area contributed by atoms with E-state index in [1.807, 2.05) is 0 Å². The molecule has 0 aromatic heterocycles. The van der Waals surface area contributed by atoms with Crippen LogP contribution in [0.25, 0.3) is 0 Å². The first-order valence-corrected chi connectivity index (χ1v) is 8.91. The molecular weight excluding hydrogens is 350 g/mol. The number of primary amides is 1. The zero-order valence-electron chi connectivity index (χ0n) is 14.1. The van der Waals surface area contributed by atoms with Crippen molar-refractivity contribution in [1.82, 2.24) is 10.0 Å². The largest absolute Gasteiger partial charge is 0.451 e. The molecule has 3 amide bonds. The van der Waals surface area contributed by atoms with Crippen LogP contribution in [0.5, 0.6) is 0 Å². The summed E-state index contributed by atoms with van der Waals surface area (Å²) in [5.41, 5.74) is 4.81. The molecule has 0 aliphatic carbocycles. The van der Waals surface area contributed by atoms with Crippen LogP contribution in [0.15, 0.2) is 35.2 Å². The van der Waals surface area contributed by atoms with E-state index in [1.165, 1.54) is 19.1 Å². The lowest BCUT2D eigenvalue weighted by Crippen LogP contribution is -2.48. The van der Waals surface area contributed by atoms with E-state index < -0.39 is 46.0 Å². The number of esters is 1. The summed E-state index contributed by atoms with van der Waals surface area (Å²) in [7, 11) is -3.95. The molecule has 0 spiro atoms. The number of amides is 3. The molecule has 0 unspecified atom stereocenters. The van der Waals surface area contributed by atoms with E-state index in [9.17, 15) is 22.8 Å². The third-order valence-corrected chi connectivity index (χ3v) is 4.62. The monoisotopic (exact) mass is 371 g/mol. The van der Waals surface area contributed by atoms with Crippen molar-refractivity contribution in [3.05, 3.63) is 30.3 Å². The molecule has 9 nitrogen and oxygen atoms in total. The van der Waals surface area contributed by atoms with Crippen LogP contribution in [0.3, 0.4) is 0 Å². The molecule has 0 bridgehead atoms. The number of rotatable bonds is 7. The van der Waals surface area contributed by atoms with Gasteiger partial charge in [-0.25, -0.2) is 13.2 Å². The number of nitrogens with one attached hydrogen (secondary N) is 2. The first kappa shape index (κ1) is 20.6. The third kappa shape index (κ3) is 6.16. The Morgan fingerprint density at radius 1 is 1.08 bits per heavy atom. The Balaban J connectivity index is 2.88. The lowest BCUT2D eigenvalue weighted by atomic mass is 10.1. The lowest BCUT2D eigenvalue weighted by Gasteiger charge is -2.22. The highest BCUT2D eigenvalue weighted by Gasteiger charge is 2.31. The molecule has 0 fully saturated rings. The van der Waals surface area contributed by atoms with Crippen molar-refractivity contribution in [2.24, 2.45) is 11.7 Å². The summed E-state index contributed by atoms with van der Waals surface area (Å²) in [6, 6.07) is 5.22. The van der Waals surface area contributed by atoms with Crippen LogP contribution in [-0.4, -0.2) is 38.5 Å². The second kappa shape index (κ2) is 8.58. The van der Waals surface area contributed by atoms with E-state index >= 15 is 0 Å². The van der Waals surface area contributed by atoms with Crippen LogP contribution >= 0.6 is 0 Å². The number of ether oxygens (including phenoxy) is 1. The molecule has 2 atom stereocenters. The number of imide groups is 1. The summed E-state index contributed by atoms with van der Waals surface area (Å²) < 4.78 is 31.9. The minimum absolute atomic E-state index is 0.00651. The number of benzene rings is 1. The number of carbonyl (C=O) groups excluding carboxylic acids is 3. The summed E-state index contributed by atoms with van der Waals surface area (Å²) in [6.45, 7) is 4.47. The predicted octanol–water partition coefficient (Wildman–Crippen LogP) is 0.116. The van der Waals surface area contributed by atoms with Gasteiger partial charge in [-0.2, -0.15) is 4.72 Å². The van der Waals surface area contributed by atoms with Crippen molar-refractivity contribution in [1.29, 1.82) is 0 Å². The molecule has 0 radical (unpaired) electrons. The van der Waals surface area contributed by atoms with Gasteiger partial charge in [0.1, 0.15) is 6.04 Å². The highest BCUT2D eigenvalue weighted by atomic mass is 32.2. The van der Waals surface area contributed by atoms with Gasteiger partial charge in [-0.05, 0) is 25.0 Å². The smallest absolute Gasteiger partial charge is 0.325 e. The van der Waals surface area contributed by atoms with Crippen molar-refractivity contribution < 1.29 is 27.5 Å². The molecule has 25 heavy (non-hydrogen) atoms. The molecule has 0 aliphatic heterocycles. The number of hydrogen-bond donors (Lipinski definition) is 3. The zero-order chi connectivity index (χ0) is 19.2. The van der Waals surface area contributed by atoms with E-state index in [1.54, 1.807) is 37.4 Å². The van der Waals surface area contributed by atoms with Gasteiger partial charge in [-0.15, -0.1) is 0 Å². The molecule has 0 aliphatic rings. The van der Waals surface area contributed by atoms with Gasteiger partial charge in [-0.3, -0.25) is 14.9 Å². The maximum absolute atomic E-state index is 12.4. The Hall–Kier alpha value is -2.46. The molecule has 1 aromatic rings. The van der Waals surface area contributed by atoms with E-state index in [4.69, 9.17) is 10.5 Å². The summed E-state index contributed by atoms with van der Waals surface area (Å²) in [5.74, 6) is -2.30. The zero-order valence-corrected chi connectivity index (χ0v) is 14.9. The molecule has 4 N–H and O–H groups in total. The van der Waals surface area contributed by atoms with Gasteiger partial charge in [0, 0.05) is 0 Å². The van der Waals surface area contributed by atoms with E-state index in [2.05, 4.69) is 4.72 Å². The van der Waals surface area contributed by atoms with Gasteiger partial charge >= 0.3 is 12.0 Å². The summed E-state index contributed by atoms with van der Waals surface area (Å²) >= 11 is 0. The minimum atomic E-state index is -3.95. The summed E-state index contributed by atoms with van der Waals surface area (Å²) in [5, 5.41) is 1.77. The Bertz CT molecular complexity index is 733. The van der Waals surface area contributed by atoms with Crippen LogP contribution in [0, 0.1) is 5.92 Å². The highest BCUT2D eigenvalue weighted by Crippen LogP contribution is 2.13. The Morgan fingerprint density at radius 2 is 1.64 bits per heavy atom. The SMILES string of the molecule is CC(C)[C@H](NS(=O)(=O)c1ccccc1)C(=O)O[C@H](C)C(=O)NC(N)=O. The topological polar surface area (TPSA) is 145 Å². The molecule has 1 aromatic carbocycles. The van der Waals surface area contributed by atoms with Crippen molar-refractivity contribution in [2.45, 2.75) is 37.8 Å². The molecular formula is C15H21N3O6S. The highest BCUT2D eigenvalue weighted by molar-refractivity contribution is 7.89. The molecule has 0 saturated heterocycles. The van der Waals surface area contributed by atoms with Crippen LogP contribution in [0.1, 0.15) is 20.8 Å². The summed E-state index contributed by atoms with van der Waals surface area (Å²) in [4.78, 5) is 34.4. The van der Waals surface area contributed by atoms with Crippen LogP contribution in [0.2, 0.25) is 0 Å². The van der Waals surface area contributed by atoms with Gasteiger partial charge in [-0.1, -0.05) is 32.0 Å². The van der Waals surface area contributed by atoms with Gasteiger partial charge in [0.2, 0.25) is 10.0 Å². The number of carbonyl (C=O) groups is 3. The van der Waals surface area contributed by atoms with Crippen molar-refractivity contribution in [3.8, 4) is 0 Å².